The summed E-state index contributed by atoms with van der Waals surface area (Å²) in [5.74, 6) is 0.387. The molecule has 1 saturated heterocycles. The van der Waals surface area contributed by atoms with Crippen molar-refractivity contribution in [2.24, 2.45) is 0 Å². The smallest absolute Gasteiger partial charge is 0.353 e. The normalized spacial score (nSPS) is 14.9. The van der Waals surface area contributed by atoms with Crippen molar-refractivity contribution >= 4 is 22.8 Å². The van der Waals surface area contributed by atoms with Crippen molar-refractivity contribution in [3.05, 3.63) is 64.7 Å². The molecule has 1 amide bonds. The first-order chi connectivity index (χ1) is 14.3. The standard InChI is InChI=1S/C20H18F3N5O2/c21-20(22,23)18-19(30)28(15-6-2-1-5-14(15)25-18)13-17(29)27-11-9-26(10-12-27)16-7-3-4-8-24-16/h1-8H,9-13H2. The summed E-state index contributed by atoms with van der Waals surface area (Å²) in [7, 11) is 0. The molecular formula is C20H18F3N5O2. The predicted octanol–water partition coefficient (Wildman–Crippen LogP) is 2.16. The van der Waals surface area contributed by atoms with Gasteiger partial charge in [-0.05, 0) is 24.3 Å². The highest BCUT2D eigenvalue weighted by atomic mass is 19.4. The number of rotatable bonds is 3. The molecule has 0 saturated carbocycles. The van der Waals surface area contributed by atoms with E-state index in [9.17, 15) is 22.8 Å². The SMILES string of the molecule is O=C(Cn1c(=O)c(C(F)(F)F)nc2ccccc21)N1CCN(c2ccccn2)CC1. The Morgan fingerprint density at radius 3 is 2.37 bits per heavy atom. The highest BCUT2D eigenvalue weighted by Gasteiger charge is 2.37. The lowest BCUT2D eigenvalue weighted by atomic mass is 10.2. The Morgan fingerprint density at radius 2 is 1.70 bits per heavy atom. The van der Waals surface area contributed by atoms with Gasteiger partial charge < -0.3 is 9.80 Å². The van der Waals surface area contributed by atoms with Gasteiger partial charge in [-0.1, -0.05) is 18.2 Å². The van der Waals surface area contributed by atoms with E-state index in [1.54, 1.807) is 17.2 Å². The lowest BCUT2D eigenvalue weighted by Crippen LogP contribution is -2.50. The highest BCUT2D eigenvalue weighted by molar-refractivity contribution is 5.80. The Morgan fingerprint density at radius 1 is 1.00 bits per heavy atom. The molecule has 0 unspecified atom stereocenters. The van der Waals surface area contributed by atoms with E-state index in [4.69, 9.17) is 0 Å². The molecule has 30 heavy (non-hydrogen) atoms. The van der Waals surface area contributed by atoms with Crippen molar-refractivity contribution in [2.75, 3.05) is 31.1 Å². The molecule has 1 aliphatic rings. The van der Waals surface area contributed by atoms with Gasteiger partial charge in [-0.25, -0.2) is 9.97 Å². The fraction of sp³-hybridized carbons (Fsp3) is 0.300. The molecule has 3 heterocycles. The molecule has 1 aliphatic heterocycles. The number of alkyl halides is 3. The molecule has 4 rings (SSSR count). The van der Waals surface area contributed by atoms with Gasteiger partial charge >= 0.3 is 6.18 Å². The van der Waals surface area contributed by atoms with Gasteiger partial charge in [0, 0.05) is 32.4 Å². The number of hydrogen-bond acceptors (Lipinski definition) is 5. The van der Waals surface area contributed by atoms with Gasteiger partial charge in [0.2, 0.25) is 11.6 Å². The number of aromatic nitrogens is 3. The van der Waals surface area contributed by atoms with Crippen LogP contribution in [0.15, 0.2) is 53.5 Å². The van der Waals surface area contributed by atoms with E-state index in [0.29, 0.717) is 26.2 Å². The van der Waals surface area contributed by atoms with Gasteiger partial charge in [-0.3, -0.25) is 14.2 Å². The zero-order chi connectivity index (χ0) is 21.3. The van der Waals surface area contributed by atoms with Gasteiger partial charge in [0.1, 0.15) is 12.4 Å². The van der Waals surface area contributed by atoms with Crippen molar-refractivity contribution in [2.45, 2.75) is 12.7 Å². The van der Waals surface area contributed by atoms with Crippen LogP contribution < -0.4 is 10.5 Å². The minimum absolute atomic E-state index is 0.0113. The van der Waals surface area contributed by atoms with Crippen LogP contribution in [0.25, 0.3) is 11.0 Å². The summed E-state index contributed by atoms with van der Waals surface area (Å²) in [5, 5.41) is 0. The molecular weight excluding hydrogens is 399 g/mol. The van der Waals surface area contributed by atoms with Crippen LogP contribution in [0.1, 0.15) is 5.69 Å². The molecule has 0 N–H and O–H groups in total. The molecule has 2 aromatic heterocycles. The molecule has 156 valence electrons. The number of carbonyl (C=O) groups excluding carboxylic acids is 1. The number of nitrogens with zero attached hydrogens (tertiary/aromatic N) is 5. The number of piperazine rings is 1. The number of carbonyl (C=O) groups is 1. The first kappa shape index (κ1) is 19.9. The summed E-state index contributed by atoms with van der Waals surface area (Å²) in [6.45, 7) is 1.39. The quantitative estimate of drug-likeness (QED) is 0.653. The Labute approximate surface area is 169 Å². The maximum absolute atomic E-state index is 13.3. The highest BCUT2D eigenvalue weighted by Crippen LogP contribution is 2.26. The zero-order valence-corrected chi connectivity index (χ0v) is 15.8. The van der Waals surface area contributed by atoms with Crippen molar-refractivity contribution in [3.63, 3.8) is 0 Å². The second kappa shape index (κ2) is 7.77. The number of anilines is 1. The molecule has 1 fully saturated rings. The average molecular weight is 417 g/mol. The van der Waals surface area contributed by atoms with E-state index < -0.39 is 29.9 Å². The summed E-state index contributed by atoms with van der Waals surface area (Å²) < 4.78 is 40.7. The van der Waals surface area contributed by atoms with Crippen LogP contribution >= 0.6 is 0 Å². The summed E-state index contributed by atoms with van der Waals surface area (Å²) in [5.41, 5.74) is -2.64. The molecule has 0 radical (unpaired) electrons. The lowest BCUT2D eigenvalue weighted by Gasteiger charge is -2.35. The lowest BCUT2D eigenvalue weighted by molar-refractivity contribution is -0.142. The van der Waals surface area contributed by atoms with Crippen LogP contribution in [0.4, 0.5) is 19.0 Å². The first-order valence-corrected chi connectivity index (χ1v) is 9.35. The van der Waals surface area contributed by atoms with E-state index >= 15 is 0 Å². The molecule has 0 aliphatic carbocycles. The van der Waals surface area contributed by atoms with Gasteiger partial charge in [0.05, 0.1) is 11.0 Å². The molecule has 0 spiro atoms. The van der Waals surface area contributed by atoms with Gasteiger partial charge in [0.15, 0.2) is 0 Å². The summed E-state index contributed by atoms with van der Waals surface area (Å²) in [6, 6.07) is 11.5. The molecule has 1 aromatic carbocycles. The Hall–Kier alpha value is -3.43. The minimum Gasteiger partial charge on any atom is -0.353 e. The van der Waals surface area contributed by atoms with Crippen LogP contribution in [-0.2, 0) is 17.5 Å². The number of benzene rings is 1. The van der Waals surface area contributed by atoms with Crippen molar-refractivity contribution in [1.82, 2.24) is 19.4 Å². The van der Waals surface area contributed by atoms with Crippen molar-refractivity contribution in [3.8, 4) is 0 Å². The Balaban J connectivity index is 1.57. The third-order valence-corrected chi connectivity index (χ3v) is 5.02. The van der Waals surface area contributed by atoms with Crippen LogP contribution in [0.2, 0.25) is 0 Å². The number of para-hydroxylation sites is 2. The third kappa shape index (κ3) is 3.85. The molecule has 0 atom stereocenters. The second-order valence-electron chi connectivity index (χ2n) is 6.89. The number of hydrogen-bond donors (Lipinski definition) is 0. The maximum atomic E-state index is 13.3. The van der Waals surface area contributed by atoms with Gasteiger partial charge in [0.25, 0.3) is 5.56 Å². The van der Waals surface area contributed by atoms with Gasteiger partial charge in [-0.2, -0.15) is 13.2 Å². The van der Waals surface area contributed by atoms with Crippen LogP contribution in [-0.4, -0.2) is 51.5 Å². The fourth-order valence-electron chi connectivity index (χ4n) is 3.50. The Bertz CT molecular complexity index is 1120. The largest absolute Gasteiger partial charge is 0.438 e. The van der Waals surface area contributed by atoms with E-state index in [1.165, 1.54) is 18.2 Å². The van der Waals surface area contributed by atoms with Gasteiger partial charge in [-0.15, -0.1) is 0 Å². The molecule has 10 heteroatoms. The van der Waals surface area contributed by atoms with Crippen LogP contribution in [0, 0.1) is 0 Å². The predicted molar refractivity (Wildman–Crippen MR) is 104 cm³/mol. The van der Waals surface area contributed by atoms with E-state index in [2.05, 4.69) is 9.97 Å². The maximum Gasteiger partial charge on any atom is 0.438 e. The molecule has 3 aromatic rings. The third-order valence-electron chi connectivity index (χ3n) is 5.02. The Kier molecular flexibility index (Phi) is 5.15. The zero-order valence-electron chi connectivity index (χ0n) is 15.8. The molecule has 0 bridgehead atoms. The fourth-order valence-corrected chi connectivity index (χ4v) is 3.50. The number of pyridine rings is 1. The van der Waals surface area contributed by atoms with Crippen molar-refractivity contribution in [1.29, 1.82) is 0 Å². The number of halogens is 3. The van der Waals surface area contributed by atoms with E-state index in [0.717, 1.165) is 10.4 Å². The number of fused-ring (bicyclic) bond motifs is 1. The first-order valence-electron chi connectivity index (χ1n) is 9.35. The van der Waals surface area contributed by atoms with E-state index in [1.807, 2.05) is 23.1 Å². The topological polar surface area (TPSA) is 71.3 Å². The monoisotopic (exact) mass is 417 g/mol. The van der Waals surface area contributed by atoms with Crippen LogP contribution in [0.5, 0.6) is 0 Å². The van der Waals surface area contributed by atoms with Crippen molar-refractivity contribution < 1.29 is 18.0 Å². The summed E-state index contributed by atoms with van der Waals surface area (Å²) in [4.78, 5) is 36.6. The molecule has 7 nitrogen and oxygen atoms in total. The van der Waals surface area contributed by atoms with E-state index in [-0.39, 0.29) is 11.0 Å². The minimum atomic E-state index is -4.90. The summed E-state index contributed by atoms with van der Waals surface area (Å²) in [6.07, 6.45) is -3.22. The number of amides is 1. The second-order valence-corrected chi connectivity index (χ2v) is 6.89. The summed E-state index contributed by atoms with van der Waals surface area (Å²) >= 11 is 0. The average Bonchev–Trinajstić information content (AvgIpc) is 2.75. The van der Waals surface area contributed by atoms with Crippen LogP contribution in [0.3, 0.4) is 0 Å².